The molecule has 0 spiro atoms. The number of carbonyl (C=O) groups is 1. The predicted octanol–water partition coefficient (Wildman–Crippen LogP) is 13.2. The first-order valence-electron chi connectivity index (χ1n) is 34.1. The highest BCUT2D eigenvalue weighted by atomic mass is 16.7. The van der Waals surface area contributed by atoms with Gasteiger partial charge in [0.2, 0.25) is 5.91 Å². The number of carbonyl (C=O) groups excluding carboxylic acids is 1. The van der Waals surface area contributed by atoms with Crippen molar-refractivity contribution in [3.8, 4) is 0 Å². The maximum atomic E-state index is 13.3. The summed E-state index contributed by atoms with van der Waals surface area (Å²) in [6, 6.07) is -0.915. The zero-order valence-electron chi connectivity index (χ0n) is 51.8. The minimum atomic E-state index is -1.79. The molecule has 2 heterocycles. The molecule has 2 saturated heterocycles. The van der Waals surface area contributed by atoms with Crippen LogP contribution in [0.4, 0.5) is 0 Å². The van der Waals surface area contributed by atoms with Crippen LogP contribution in [0.3, 0.4) is 0 Å². The van der Waals surface area contributed by atoms with Crippen LogP contribution in [0.2, 0.25) is 0 Å². The van der Waals surface area contributed by atoms with Gasteiger partial charge in [0.1, 0.15) is 48.8 Å². The minimum absolute atomic E-state index is 0.237. The van der Waals surface area contributed by atoms with Gasteiger partial charge in [-0.3, -0.25) is 4.79 Å². The molecular formula is C67H127NO13. The number of rotatable bonds is 56. The Kier molecular flexibility index (Phi) is 49.2. The minimum Gasteiger partial charge on any atom is -0.394 e. The van der Waals surface area contributed by atoms with E-state index in [1.807, 2.05) is 6.08 Å². The van der Waals surface area contributed by atoms with E-state index in [1.54, 1.807) is 6.08 Å². The fraction of sp³-hybridized carbons (Fsp3) is 0.925. The van der Waals surface area contributed by atoms with Crippen molar-refractivity contribution in [1.29, 1.82) is 0 Å². The molecule has 0 aromatic rings. The number of aliphatic hydroxyl groups is 8. The lowest BCUT2D eigenvalue weighted by atomic mass is 9.97. The maximum Gasteiger partial charge on any atom is 0.220 e. The van der Waals surface area contributed by atoms with Crippen LogP contribution in [0.5, 0.6) is 0 Å². The third-order valence-electron chi connectivity index (χ3n) is 16.9. The van der Waals surface area contributed by atoms with Crippen molar-refractivity contribution >= 4 is 5.91 Å². The lowest BCUT2D eigenvalue weighted by Crippen LogP contribution is -2.65. The molecule has 0 aromatic carbocycles. The summed E-state index contributed by atoms with van der Waals surface area (Å²) in [6.07, 6.45) is 48.0. The summed E-state index contributed by atoms with van der Waals surface area (Å²) in [7, 11) is 0. The maximum absolute atomic E-state index is 13.3. The second-order valence-corrected chi connectivity index (χ2v) is 24.3. The first kappa shape index (κ1) is 75.6. The van der Waals surface area contributed by atoms with Crippen molar-refractivity contribution in [3.05, 3.63) is 24.3 Å². The molecule has 9 N–H and O–H groups in total. The van der Waals surface area contributed by atoms with E-state index in [9.17, 15) is 45.6 Å². The summed E-state index contributed by atoms with van der Waals surface area (Å²) in [5.74, 6) is -0.237. The van der Waals surface area contributed by atoms with Gasteiger partial charge in [0.25, 0.3) is 0 Å². The Morgan fingerprint density at radius 3 is 1.17 bits per heavy atom. The molecule has 0 saturated carbocycles. The average molecular weight is 1150 g/mol. The first-order valence-corrected chi connectivity index (χ1v) is 34.1. The van der Waals surface area contributed by atoms with E-state index < -0.39 is 86.8 Å². The number of amides is 1. The number of allylic oxidation sites excluding steroid dienone is 3. The van der Waals surface area contributed by atoms with E-state index in [2.05, 4.69) is 31.3 Å². The largest absolute Gasteiger partial charge is 0.394 e. The van der Waals surface area contributed by atoms with Crippen molar-refractivity contribution in [1.82, 2.24) is 5.32 Å². The molecule has 81 heavy (non-hydrogen) atoms. The van der Waals surface area contributed by atoms with E-state index in [-0.39, 0.29) is 18.9 Å². The van der Waals surface area contributed by atoms with Gasteiger partial charge in [-0.25, -0.2) is 0 Å². The van der Waals surface area contributed by atoms with E-state index in [4.69, 9.17) is 18.9 Å². The van der Waals surface area contributed by atoms with E-state index >= 15 is 0 Å². The average Bonchev–Trinajstić information content (AvgIpc) is 3.47. The third kappa shape index (κ3) is 37.6. The molecule has 12 atom stereocenters. The molecule has 14 heteroatoms. The summed E-state index contributed by atoms with van der Waals surface area (Å²) in [5.41, 5.74) is 0. The number of ether oxygens (including phenoxy) is 4. The fourth-order valence-electron chi connectivity index (χ4n) is 11.4. The van der Waals surface area contributed by atoms with Crippen LogP contribution >= 0.6 is 0 Å². The van der Waals surface area contributed by atoms with Gasteiger partial charge in [0.15, 0.2) is 12.6 Å². The molecule has 1 amide bonds. The quantitative estimate of drug-likeness (QED) is 0.0204. The van der Waals surface area contributed by atoms with Gasteiger partial charge < -0.3 is 65.1 Å². The topological polar surface area (TPSA) is 228 Å². The summed E-state index contributed by atoms with van der Waals surface area (Å²) in [4.78, 5) is 13.3. The molecule has 0 aromatic heterocycles. The molecule has 2 fully saturated rings. The van der Waals surface area contributed by atoms with Gasteiger partial charge in [-0.05, 0) is 44.9 Å². The summed E-state index contributed by atoms with van der Waals surface area (Å²) < 4.78 is 22.8. The van der Waals surface area contributed by atoms with Gasteiger partial charge in [0, 0.05) is 6.42 Å². The Labute approximate surface area is 494 Å². The third-order valence-corrected chi connectivity index (χ3v) is 16.9. The molecule has 2 rings (SSSR count). The van der Waals surface area contributed by atoms with Crippen LogP contribution in [0.1, 0.15) is 303 Å². The normalized spacial score (nSPS) is 24.2. The van der Waals surface area contributed by atoms with E-state index in [0.29, 0.717) is 6.42 Å². The number of aliphatic hydroxyl groups excluding tert-OH is 8. The Bertz CT molecular complexity index is 1450. The molecule has 2 aliphatic heterocycles. The van der Waals surface area contributed by atoms with Crippen LogP contribution in [0, 0.1) is 0 Å². The standard InChI is InChI=1S/C67H127NO13/c1-3-5-7-9-11-13-15-17-19-21-23-25-26-27-28-29-31-32-34-36-38-40-42-44-46-48-50-56(71)55(54-78-66-64(77)62(75)65(58(53-70)80-66)81-67-63(76)61(74)60(73)57(52-69)79-67)68-59(72)51-49-47-45-43-41-39-37-35-33-30-24-22-20-18-16-14-12-10-8-6-4-2/h22,24,48,50,55-58,60-67,69-71,73-77H,3-21,23,25-47,49,51-54H2,1-2H3,(H,68,72)/b24-22-,50-48+. The molecule has 0 radical (unpaired) electrons. The molecule has 12 unspecified atom stereocenters. The van der Waals surface area contributed by atoms with Crippen molar-refractivity contribution in [3.63, 3.8) is 0 Å². The Balaban J connectivity index is 1.70. The fourth-order valence-corrected chi connectivity index (χ4v) is 11.4. The van der Waals surface area contributed by atoms with Gasteiger partial charge in [-0.2, -0.15) is 0 Å². The van der Waals surface area contributed by atoms with Crippen molar-refractivity contribution in [2.24, 2.45) is 0 Å². The van der Waals surface area contributed by atoms with E-state index in [0.717, 1.165) is 38.5 Å². The van der Waals surface area contributed by atoms with Crippen LogP contribution < -0.4 is 5.32 Å². The number of hydrogen-bond acceptors (Lipinski definition) is 13. The Hall–Kier alpha value is -1.53. The summed E-state index contributed by atoms with van der Waals surface area (Å²) in [6.45, 7) is 2.84. The zero-order chi connectivity index (χ0) is 58.8. The van der Waals surface area contributed by atoms with Gasteiger partial charge in [-0.15, -0.1) is 0 Å². The van der Waals surface area contributed by atoms with Crippen LogP contribution in [-0.2, 0) is 23.7 Å². The molecular weight excluding hydrogens is 1030 g/mol. The highest BCUT2D eigenvalue weighted by molar-refractivity contribution is 5.76. The number of unbranched alkanes of at least 4 members (excludes halogenated alkanes) is 41. The second kappa shape index (κ2) is 52.8. The van der Waals surface area contributed by atoms with Crippen LogP contribution in [0.25, 0.3) is 0 Å². The molecule has 14 nitrogen and oxygen atoms in total. The predicted molar refractivity (Wildman–Crippen MR) is 328 cm³/mol. The lowest BCUT2D eigenvalue weighted by molar-refractivity contribution is -0.359. The highest BCUT2D eigenvalue weighted by Crippen LogP contribution is 2.30. The van der Waals surface area contributed by atoms with Crippen molar-refractivity contribution in [2.75, 3.05) is 19.8 Å². The van der Waals surface area contributed by atoms with Gasteiger partial charge in [-0.1, -0.05) is 276 Å². The first-order chi connectivity index (χ1) is 39.6. The second-order valence-electron chi connectivity index (χ2n) is 24.3. The van der Waals surface area contributed by atoms with Gasteiger partial charge in [0.05, 0.1) is 32.0 Å². The molecule has 0 aliphatic carbocycles. The summed E-state index contributed by atoms with van der Waals surface area (Å²) >= 11 is 0. The van der Waals surface area contributed by atoms with Crippen molar-refractivity contribution in [2.45, 2.75) is 376 Å². The molecule has 2 aliphatic rings. The van der Waals surface area contributed by atoms with Crippen LogP contribution in [-0.4, -0.2) is 140 Å². The Morgan fingerprint density at radius 1 is 0.432 bits per heavy atom. The molecule has 0 bridgehead atoms. The summed E-state index contributed by atoms with van der Waals surface area (Å²) in [5, 5.41) is 87.4. The number of nitrogens with one attached hydrogen (secondary N) is 1. The monoisotopic (exact) mass is 1150 g/mol. The highest BCUT2D eigenvalue weighted by Gasteiger charge is 2.51. The lowest BCUT2D eigenvalue weighted by Gasteiger charge is -2.46. The van der Waals surface area contributed by atoms with Crippen molar-refractivity contribution < 1.29 is 64.6 Å². The zero-order valence-corrected chi connectivity index (χ0v) is 51.8. The number of hydrogen-bond donors (Lipinski definition) is 9. The van der Waals surface area contributed by atoms with Gasteiger partial charge >= 0.3 is 0 Å². The van der Waals surface area contributed by atoms with E-state index in [1.165, 1.54) is 238 Å². The Morgan fingerprint density at radius 2 is 0.778 bits per heavy atom. The smallest absolute Gasteiger partial charge is 0.220 e. The van der Waals surface area contributed by atoms with Crippen LogP contribution in [0.15, 0.2) is 24.3 Å². The SMILES string of the molecule is CCCCCCCCCC/C=C\CCCCCCCCCCCC(=O)NC(COC1OC(CO)C(OC2OC(CO)C(O)C(O)C2O)C(O)C1O)C(O)/C=C/CCCCCCCCCCCCCCCCCCCCCCCCCC. The molecule has 478 valence electrons.